The third kappa shape index (κ3) is 1.21. The normalized spacial score (nSPS) is 29.1. The first-order valence-corrected chi connectivity index (χ1v) is 2.91. The van der Waals surface area contributed by atoms with Gasteiger partial charge in [-0.05, 0) is 12.8 Å². The molecule has 2 heteroatoms. The highest BCUT2D eigenvalue weighted by atomic mass is 16.5. The van der Waals surface area contributed by atoms with E-state index in [-0.39, 0.29) is 5.92 Å². The molecule has 0 N–H and O–H groups in total. The minimum atomic E-state index is 0.170. The lowest BCUT2D eigenvalue weighted by Gasteiger charge is -2.14. The third-order valence-corrected chi connectivity index (χ3v) is 1.34. The van der Waals surface area contributed by atoms with Gasteiger partial charge in [0.05, 0.1) is 18.6 Å². The van der Waals surface area contributed by atoms with Crippen molar-refractivity contribution in [3.05, 3.63) is 0 Å². The van der Waals surface area contributed by atoms with Gasteiger partial charge in [0, 0.05) is 6.61 Å². The van der Waals surface area contributed by atoms with Crippen LogP contribution in [0.1, 0.15) is 12.8 Å². The zero-order chi connectivity index (χ0) is 5.82. The summed E-state index contributed by atoms with van der Waals surface area (Å²) in [5, 5.41) is 8.36. The predicted octanol–water partition coefficient (Wildman–Crippen LogP) is 0.937. The molecule has 1 unspecified atom stereocenters. The quantitative estimate of drug-likeness (QED) is 0.466. The van der Waals surface area contributed by atoms with Crippen LogP contribution in [-0.2, 0) is 4.74 Å². The first-order chi connectivity index (χ1) is 3.93. The topological polar surface area (TPSA) is 33.0 Å². The molecule has 8 heavy (non-hydrogen) atoms. The van der Waals surface area contributed by atoms with Crippen LogP contribution in [-0.4, -0.2) is 13.2 Å². The Labute approximate surface area is 49.1 Å². The summed E-state index contributed by atoms with van der Waals surface area (Å²) in [4.78, 5) is 0. The molecule has 0 aromatic rings. The van der Waals surface area contributed by atoms with Gasteiger partial charge in [0.2, 0.25) is 0 Å². The lowest BCUT2D eigenvalue weighted by molar-refractivity contribution is 0.0733. The zero-order valence-corrected chi connectivity index (χ0v) is 4.76. The molecule has 1 rings (SSSR count). The molecular formula is C6H9NO. The summed E-state index contributed by atoms with van der Waals surface area (Å²) in [6, 6.07) is 2.18. The molecule has 1 aliphatic rings. The fraction of sp³-hybridized carbons (Fsp3) is 0.833. The predicted molar refractivity (Wildman–Crippen MR) is 29.2 cm³/mol. The van der Waals surface area contributed by atoms with Gasteiger partial charge >= 0.3 is 0 Å². The van der Waals surface area contributed by atoms with Gasteiger partial charge in [-0.15, -0.1) is 0 Å². The van der Waals surface area contributed by atoms with Crippen LogP contribution < -0.4 is 0 Å². The smallest absolute Gasteiger partial charge is 0.0698 e. The van der Waals surface area contributed by atoms with Crippen molar-refractivity contribution in [1.29, 1.82) is 5.26 Å². The summed E-state index contributed by atoms with van der Waals surface area (Å²) in [5.74, 6) is 0.170. The van der Waals surface area contributed by atoms with Crippen LogP contribution in [0.3, 0.4) is 0 Å². The van der Waals surface area contributed by atoms with Gasteiger partial charge in [0.15, 0.2) is 0 Å². The Morgan fingerprint density at radius 1 is 1.62 bits per heavy atom. The molecule has 0 aromatic carbocycles. The van der Waals surface area contributed by atoms with Crippen molar-refractivity contribution in [2.45, 2.75) is 12.8 Å². The Morgan fingerprint density at radius 2 is 2.50 bits per heavy atom. The van der Waals surface area contributed by atoms with Crippen LogP contribution in [0.5, 0.6) is 0 Å². The highest BCUT2D eigenvalue weighted by Crippen LogP contribution is 2.10. The van der Waals surface area contributed by atoms with Crippen LogP contribution in [0, 0.1) is 17.2 Å². The standard InChI is InChI=1S/C6H9NO/c7-4-6-2-1-3-8-5-6/h6H,1-3,5H2. The molecule has 1 fully saturated rings. The highest BCUT2D eigenvalue weighted by molar-refractivity contribution is 4.83. The molecule has 0 aromatic heterocycles. The molecule has 0 spiro atoms. The van der Waals surface area contributed by atoms with E-state index < -0.39 is 0 Å². The van der Waals surface area contributed by atoms with Crippen molar-refractivity contribution >= 4 is 0 Å². The summed E-state index contributed by atoms with van der Waals surface area (Å²) >= 11 is 0. The third-order valence-electron chi connectivity index (χ3n) is 1.34. The van der Waals surface area contributed by atoms with E-state index in [1.54, 1.807) is 0 Å². The molecule has 1 saturated heterocycles. The average Bonchev–Trinajstić information content (AvgIpc) is 1.90. The van der Waals surface area contributed by atoms with Crippen molar-refractivity contribution in [3.8, 4) is 6.07 Å². The van der Waals surface area contributed by atoms with E-state index in [2.05, 4.69) is 6.07 Å². The Morgan fingerprint density at radius 3 is 2.88 bits per heavy atom. The molecule has 0 amide bonds. The van der Waals surface area contributed by atoms with Crippen LogP contribution in [0.2, 0.25) is 0 Å². The van der Waals surface area contributed by atoms with Crippen molar-refractivity contribution in [3.63, 3.8) is 0 Å². The molecule has 1 aliphatic heterocycles. The Balaban J connectivity index is 2.25. The summed E-state index contributed by atoms with van der Waals surface area (Å²) < 4.78 is 5.05. The number of rotatable bonds is 0. The SMILES string of the molecule is N#CC1CCCOC1. The molecule has 0 radical (unpaired) electrons. The van der Waals surface area contributed by atoms with Crippen LogP contribution in [0.25, 0.3) is 0 Å². The van der Waals surface area contributed by atoms with Crippen LogP contribution >= 0.6 is 0 Å². The first kappa shape index (κ1) is 5.58. The summed E-state index contributed by atoms with van der Waals surface area (Å²) in [6.45, 7) is 1.49. The van der Waals surface area contributed by atoms with Gasteiger partial charge in [0.25, 0.3) is 0 Å². The van der Waals surface area contributed by atoms with Gasteiger partial charge in [-0.1, -0.05) is 0 Å². The van der Waals surface area contributed by atoms with Crippen molar-refractivity contribution in [2.75, 3.05) is 13.2 Å². The van der Waals surface area contributed by atoms with Gasteiger partial charge in [-0.2, -0.15) is 5.26 Å². The number of ether oxygens (including phenoxy) is 1. The fourth-order valence-electron chi connectivity index (χ4n) is 0.843. The second kappa shape index (κ2) is 2.68. The van der Waals surface area contributed by atoms with E-state index in [9.17, 15) is 0 Å². The lowest BCUT2D eigenvalue weighted by Crippen LogP contribution is -2.14. The monoisotopic (exact) mass is 111 g/mol. The van der Waals surface area contributed by atoms with Crippen molar-refractivity contribution < 1.29 is 4.74 Å². The summed E-state index contributed by atoms with van der Waals surface area (Å²) in [6.07, 6.45) is 2.08. The zero-order valence-electron chi connectivity index (χ0n) is 4.76. The molecule has 0 bridgehead atoms. The molecular weight excluding hydrogens is 102 g/mol. The van der Waals surface area contributed by atoms with Gasteiger partial charge in [-0.3, -0.25) is 0 Å². The fourth-order valence-corrected chi connectivity index (χ4v) is 0.843. The van der Waals surface area contributed by atoms with Gasteiger partial charge < -0.3 is 4.74 Å². The molecule has 0 saturated carbocycles. The Hall–Kier alpha value is -0.550. The molecule has 2 nitrogen and oxygen atoms in total. The summed E-state index contributed by atoms with van der Waals surface area (Å²) in [5.41, 5.74) is 0. The Bertz CT molecular complexity index is 99.6. The second-order valence-electron chi connectivity index (χ2n) is 2.04. The number of hydrogen-bond acceptors (Lipinski definition) is 2. The van der Waals surface area contributed by atoms with E-state index in [0.29, 0.717) is 6.61 Å². The minimum absolute atomic E-state index is 0.170. The largest absolute Gasteiger partial charge is 0.380 e. The number of hydrogen-bond donors (Lipinski definition) is 0. The van der Waals surface area contributed by atoms with Crippen LogP contribution in [0.4, 0.5) is 0 Å². The lowest BCUT2D eigenvalue weighted by atomic mass is 10.1. The van der Waals surface area contributed by atoms with E-state index in [0.717, 1.165) is 19.4 Å². The van der Waals surface area contributed by atoms with E-state index in [4.69, 9.17) is 10.00 Å². The minimum Gasteiger partial charge on any atom is -0.380 e. The maximum absolute atomic E-state index is 8.36. The molecule has 0 aliphatic carbocycles. The van der Waals surface area contributed by atoms with Crippen LogP contribution in [0.15, 0.2) is 0 Å². The highest BCUT2D eigenvalue weighted by Gasteiger charge is 2.11. The summed E-state index contributed by atoms with van der Waals surface area (Å²) in [7, 11) is 0. The molecule has 1 heterocycles. The van der Waals surface area contributed by atoms with E-state index in [1.165, 1.54) is 0 Å². The van der Waals surface area contributed by atoms with E-state index in [1.807, 2.05) is 0 Å². The van der Waals surface area contributed by atoms with Crippen molar-refractivity contribution in [1.82, 2.24) is 0 Å². The second-order valence-corrected chi connectivity index (χ2v) is 2.04. The molecule has 44 valence electrons. The van der Waals surface area contributed by atoms with Gasteiger partial charge in [0.1, 0.15) is 0 Å². The number of nitrogens with zero attached hydrogens (tertiary/aromatic N) is 1. The number of nitriles is 1. The Kier molecular flexibility index (Phi) is 1.87. The van der Waals surface area contributed by atoms with Gasteiger partial charge in [-0.25, -0.2) is 0 Å². The van der Waals surface area contributed by atoms with E-state index >= 15 is 0 Å². The first-order valence-electron chi connectivity index (χ1n) is 2.91. The maximum Gasteiger partial charge on any atom is 0.0698 e. The maximum atomic E-state index is 8.36. The molecule has 1 atom stereocenters. The average molecular weight is 111 g/mol. The van der Waals surface area contributed by atoms with Crippen molar-refractivity contribution in [2.24, 2.45) is 5.92 Å².